The van der Waals surface area contributed by atoms with Gasteiger partial charge in [0.15, 0.2) is 0 Å². The number of hydrogen-bond acceptors (Lipinski definition) is 3. The molecular weight excluding hydrogens is 238 g/mol. The van der Waals surface area contributed by atoms with Crippen LogP contribution in [-0.2, 0) is 0 Å². The number of nitrogens with zero attached hydrogens (tertiary/aromatic N) is 4. The Hall–Kier alpha value is -2.69. The summed E-state index contributed by atoms with van der Waals surface area (Å²) in [5.74, 6) is 0.823. The first-order valence-electron chi connectivity index (χ1n) is 6.05. The van der Waals surface area contributed by atoms with Crippen molar-refractivity contribution in [2.45, 2.75) is 6.92 Å². The van der Waals surface area contributed by atoms with Crippen LogP contribution in [0.3, 0.4) is 0 Å². The van der Waals surface area contributed by atoms with Gasteiger partial charge in [-0.05, 0) is 24.6 Å². The summed E-state index contributed by atoms with van der Waals surface area (Å²) in [6, 6.07) is 6.18. The van der Waals surface area contributed by atoms with E-state index in [9.17, 15) is 0 Å². The van der Waals surface area contributed by atoms with Crippen molar-refractivity contribution in [1.82, 2.24) is 24.6 Å². The lowest BCUT2D eigenvalue weighted by Gasteiger charge is -1.93. The zero-order valence-electron chi connectivity index (χ0n) is 10.3. The van der Waals surface area contributed by atoms with E-state index >= 15 is 0 Å². The molecule has 0 saturated heterocycles. The number of hydrogen-bond donors (Lipinski definition) is 1. The molecule has 0 bridgehead atoms. The van der Waals surface area contributed by atoms with Gasteiger partial charge in [-0.1, -0.05) is 6.07 Å². The highest BCUT2D eigenvalue weighted by molar-refractivity contribution is 5.84. The average molecular weight is 249 g/mol. The number of nitrogens with one attached hydrogen (secondary N) is 1. The molecule has 0 aliphatic heterocycles. The smallest absolute Gasteiger partial charge is 0.142 e. The van der Waals surface area contributed by atoms with Crippen LogP contribution >= 0.6 is 0 Å². The molecule has 3 heterocycles. The molecule has 0 amide bonds. The third kappa shape index (κ3) is 1.52. The van der Waals surface area contributed by atoms with E-state index < -0.39 is 0 Å². The second kappa shape index (κ2) is 3.65. The molecule has 0 unspecified atom stereocenters. The van der Waals surface area contributed by atoms with Crippen LogP contribution in [0.25, 0.3) is 27.9 Å². The van der Waals surface area contributed by atoms with E-state index in [1.54, 1.807) is 16.9 Å². The molecule has 1 N–H and O–H groups in total. The molecular formula is C14H11N5. The van der Waals surface area contributed by atoms with Crippen molar-refractivity contribution < 1.29 is 0 Å². The van der Waals surface area contributed by atoms with Crippen molar-refractivity contribution in [2.75, 3.05) is 0 Å². The van der Waals surface area contributed by atoms with Crippen molar-refractivity contribution >= 4 is 16.6 Å². The predicted octanol–water partition coefficient (Wildman–Crippen LogP) is 2.58. The molecule has 0 aliphatic rings. The SMILES string of the molecule is Cc1ccc2nc(-c3cnn4ccncc34)[nH]c2c1. The van der Waals surface area contributed by atoms with E-state index in [-0.39, 0.29) is 0 Å². The fourth-order valence-electron chi connectivity index (χ4n) is 2.27. The minimum atomic E-state index is 0.823. The minimum Gasteiger partial charge on any atom is -0.338 e. The summed E-state index contributed by atoms with van der Waals surface area (Å²) in [4.78, 5) is 12.1. The van der Waals surface area contributed by atoms with Gasteiger partial charge >= 0.3 is 0 Å². The first-order chi connectivity index (χ1) is 9.31. The Bertz CT molecular complexity index is 887. The number of imidazole rings is 1. The molecule has 4 rings (SSSR count). The minimum absolute atomic E-state index is 0.823. The first-order valence-corrected chi connectivity index (χ1v) is 6.05. The molecule has 0 atom stereocenters. The quantitative estimate of drug-likeness (QED) is 0.564. The third-order valence-corrected chi connectivity index (χ3v) is 3.22. The standard InChI is InChI=1S/C14H11N5/c1-9-2-3-11-12(6-9)18-14(17-11)10-7-16-19-5-4-15-8-13(10)19/h2-8H,1H3,(H,17,18). The Morgan fingerprint density at radius 2 is 2.16 bits per heavy atom. The molecule has 92 valence electrons. The van der Waals surface area contributed by atoms with Crippen molar-refractivity contribution in [3.05, 3.63) is 48.5 Å². The van der Waals surface area contributed by atoms with Gasteiger partial charge in [0.1, 0.15) is 5.82 Å². The number of rotatable bonds is 1. The molecule has 0 spiro atoms. The maximum absolute atomic E-state index is 4.61. The fourth-order valence-corrected chi connectivity index (χ4v) is 2.27. The second-order valence-electron chi connectivity index (χ2n) is 4.57. The van der Waals surface area contributed by atoms with E-state index in [2.05, 4.69) is 39.1 Å². The van der Waals surface area contributed by atoms with E-state index in [1.807, 2.05) is 18.5 Å². The van der Waals surface area contributed by atoms with E-state index in [1.165, 1.54) is 5.56 Å². The summed E-state index contributed by atoms with van der Waals surface area (Å²) in [7, 11) is 0. The van der Waals surface area contributed by atoms with Gasteiger partial charge in [0.25, 0.3) is 0 Å². The lowest BCUT2D eigenvalue weighted by atomic mass is 10.2. The van der Waals surface area contributed by atoms with Crippen molar-refractivity contribution in [2.24, 2.45) is 0 Å². The summed E-state index contributed by atoms with van der Waals surface area (Å²) >= 11 is 0. The van der Waals surface area contributed by atoms with E-state index in [0.29, 0.717) is 0 Å². The highest BCUT2D eigenvalue weighted by Gasteiger charge is 2.10. The zero-order chi connectivity index (χ0) is 12.8. The molecule has 5 nitrogen and oxygen atoms in total. The summed E-state index contributed by atoms with van der Waals surface area (Å²) in [6.45, 7) is 2.07. The highest BCUT2D eigenvalue weighted by atomic mass is 15.2. The molecule has 0 radical (unpaired) electrons. The highest BCUT2D eigenvalue weighted by Crippen LogP contribution is 2.24. The summed E-state index contributed by atoms with van der Waals surface area (Å²) in [5, 5.41) is 4.30. The fraction of sp³-hybridized carbons (Fsp3) is 0.0714. The molecule has 3 aromatic heterocycles. The van der Waals surface area contributed by atoms with Crippen LogP contribution in [-0.4, -0.2) is 24.6 Å². The first kappa shape index (κ1) is 10.3. The Kier molecular flexibility index (Phi) is 1.97. The van der Waals surface area contributed by atoms with Crippen LogP contribution in [0.4, 0.5) is 0 Å². The zero-order valence-corrected chi connectivity index (χ0v) is 10.3. The van der Waals surface area contributed by atoms with Gasteiger partial charge in [-0.25, -0.2) is 9.50 Å². The summed E-state index contributed by atoms with van der Waals surface area (Å²) in [5.41, 5.74) is 5.12. The average Bonchev–Trinajstić information content (AvgIpc) is 3.00. The summed E-state index contributed by atoms with van der Waals surface area (Å²) < 4.78 is 1.79. The van der Waals surface area contributed by atoms with Crippen LogP contribution in [0, 0.1) is 6.92 Å². The van der Waals surface area contributed by atoms with E-state index in [4.69, 9.17) is 0 Å². The number of H-pyrrole nitrogens is 1. The molecule has 1 aromatic carbocycles. The third-order valence-electron chi connectivity index (χ3n) is 3.22. The van der Waals surface area contributed by atoms with Gasteiger partial charge < -0.3 is 4.98 Å². The topological polar surface area (TPSA) is 58.9 Å². The Morgan fingerprint density at radius 3 is 3.11 bits per heavy atom. The van der Waals surface area contributed by atoms with Crippen LogP contribution in [0.5, 0.6) is 0 Å². The number of aromatic amines is 1. The van der Waals surface area contributed by atoms with Gasteiger partial charge in [-0.2, -0.15) is 5.10 Å². The maximum Gasteiger partial charge on any atom is 0.142 e. The maximum atomic E-state index is 4.61. The normalized spacial score (nSPS) is 11.4. The van der Waals surface area contributed by atoms with Crippen LogP contribution < -0.4 is 0 Å². The predicted molar refractivity (Wildman–Crippen MR) is 72.8 cm³/mol. The lowest BCUT2D eigenvalue weighted by Crippen LogP contribution is -1.86. The van der Waals surface area contributed by atoms with Crippen LogP contribution in [0.1, 0.15) is 5.56 Å². The Morgan fingerprint density at radius 1 is 1.21 bits per heavy atom. The lowest BCUT2D eigenvalue weighted by molar-refractivity contribution is 0.946. The Balaban J connectivity index is 1.99. The van der Waals surface area contributed by atoms with Crippen molar-refractivity contribution in [3.8, 4) is 11.4 Å². The summed E-state index contributed by atoms with van der Waals surface area (Å²) in [6.07, 6.45) is 7.14. The molecule has 4 aromatic rings. The monoisotopic (exact) mass is 249 g/mol. The van der Waals surface area contributed by atoms with Gasteiger partial charge in [0.2, 0.25) is 0 Å². The number of fused-ring (bicyclic) bond motifs is 2. The number of aryl methyl sites for hydroxylation is 1. The molecule has 0 fully saturated rings. The number of aromatic nitrogens is 5. The van der Waals surface area contributed by atoms with Crippen LogP contribution in [0.2, 0.25) is 0 Å². The molecule has 0 aliphatic carbocycles. The van der Waals surface area contributed by atoms with Crippen LogP contribution in [0.15, 0.2) is 43.0 Å². The largest absolute Gasteiger partial charge is 0.338 e. The molecule has 5 heteroatoms. The van der Waals surface area contributed by atoms with Crippen molar-refractivity contribution in [3.63, 3.8) is 0 Å². The van der Waals surface area contributed by atoms with Gasteiger partial charge in [0, 0.05) is 12.4 Å². The van der Waals surface area contributed by atoms with Gasteiger partial charge in [-0.3, -0.25) is 4.98 Å². The Labute approximate surface area is 108 Å². The van der Waals surface area contributed by atoms with Gasteiger partial charge in [0.05, 0.1) is 34.5 Å². The van der Waals surface area contributed by atoms with Gasteiger partial charge in [-0.15, -0.1) is 0 Å². The van der Waals surface area contributed by atoms with Crippen molar-refractivity contribution in [1.29, 1.82) is 0 Å². The number of benzene rings is 1. The molecule has 19 heavy (non-hydrogen) atoms. The molecule has 0 saturated carbocycles. The second-order valence-corrected chi connectivity index (χ2v) is 4.57. The van der Waals surface area contributed by atoms with E-state index in [0.717, 1.165) is 27.9 Å².